The number of hydrogen-bond acceptors (Lipinski definition) is 2. The molecule has 0 saturated heterocycles. The minimum atomic E-state index is 0.0506. The van der Waals surface area contributed by atoms with Crippen molar-refractivity contribution in [2.45, 2.75) is 25.9 Å². The molecule has 1 unspecified atom stereocenters. The number of rotatable bonds is 5. The van der Waals surface area contributed by atoms with Crippen LogP contribution in [0.2, 0.25) is 5.02 Å². The van der Waals surface area contributed by atoms with Gasteiger partial charge in [0.1, 0.15) is 0 Å². The van der Waals surface area contributed by atoms with Gasteiger partial charge in [-0.3, -0.25) is 4.68 Å². The van der Waals surface area contributed by atoms with E-state index in [1.807, 2.05) is 42.2 Å². The summed E-state index contributed by atoms with van der Waals surface area (Å²) in [6.07, 6.45) is 2.89. The van der Waals surface area contributed by atoms with E-state index in [0.717, 1.165) is 33.7 Å². The molecule has 0 aliphatic carbocycles. The van der Waals surface area contributed by atoms with Crippen molar-refractivity contribution >= 4 is 27.5 Å². The van der Waals surface area contributed by atoms with Gasteiger partial charge < -0.3 is 5.32 Å². The highest BCUT2D eigenvalue weighted by molar-refractivity contribution is 9.10. The van der Waals surface area contributed by atoms with Gasteiger partial charge in [0, 0.05) is 22.2 Å². The molecular weight excluding hydrogens is 326 g/mol. The largest absolute Gasteiger partial charge is 0.308 e. The van der Waals surface area contributed by atoms with Gasteiger partial charge in [0.25, 0.3) is 0 Å². The number of halogens is 2. The summed E-state index contributed by atoms with van der Waals surface area (Å²) in [5.41, 5.74) is 2.19. The van der Waals surface area contributed by atoms with Crippen LogP contribution in [0, 0.1) is 0 Å². The van der Waals surface area contributed by atoms with Crippen molar-refractivity contribution in [1.29, 1.82) is 0 Å². The van der Waals surface area contributed by atoms with E-state index in [-0.39, 0.29) is 6.04 Å². The van der Waals surface area contributed by atoms with E-state index in [4.69, 9.17) is 11.6 Å². The molecule has 2 aromatic rings. The first-order chi connectivity index (χ1) is 9.17. The summed E-state index contributed by atoms with van der Waals surface area (Å²) in [5.74, 6) is 0. The van der Waals surface area contributed by atoms with E-state index in [2.05, 4.69) is 33.3 Å². The lowest BCUT2D eigenvalue weighted by Gasteiger charge is -2.19. The van der Waals surface area contributed by atoms with E-state index < -0.39 is 0 Å². The smallest absolute Gasteiger partial charge is 0.0760 e. The van der Waals surface area contributed by atoms with Gasteiger partial charge in [-0.1, -0.05) is 40.5 Å². The predicted molar refractivity (Wildman–Crippen MR) is 82.6 cm³/mol. The van der Waals surface area contributed by atoms with Crippen molar-refractivity contribution in [3.8, 4) is 0 Å². The summed E-state index contributed by atoms with van der Waals surface area (Å²) in [5, 5.41) is 8.44. The second-order valence-electron chi connectivity index (χ2n) is 4.37. The van der Waals surface area contributed by atoms with Crippen molar-refractivity contribution in [3.05, 3.63) is 51.2 Å². The third-order valence-corrected chi connectivity index (χ3v) is 3.86. The highest BCUT2D eigenvalue weighted by atomic mass is 79.9. The lowest BCUT2D eigenvalue weighted by molar-refractivity contribution is 0.535. The van der Waals surface area contributed by atoms with Gasteiger partial charge in [-0.05, 0) is 37.2 Å². The number of benzene rings is 1. The summed E-state index contributed by atoms with van der Waals surface area (Å²) in [6.45, 7) is 3.06. The molecule has 1 N–H and O–H groups in total. The van der Waals surface area contributed by atoms with Gasteiger partial charge in [0.2, 0.25) is 0 Å². The van der Waals surface area contributed by atoms with Crippen LogP contribution < -0.4 is 5.32 Å². The van der Waals surface area contributed by atoms with Crippen LogP contribution >= 0.6 is 27.5 Å². The zero-order chi connectivity index (χ0) is 13.8. The normalized spacial score (nSPS) is 12.6. The molecule has 1 aromatic heterocycles. The van der Waals surface area contributed by atoms with Crippen LogP contribution in [-0.4, -0.2) is 16.8 Å². The van der Waals surface area contributed by atoms with E-state index >= 15 is 0 Å². The van der Waals surface area contributed by atoms with Crippen molar-refractivity contribution in [3.63, 3.8) is 0 Å². The van der Waals surface area contributed by atoms with Crippen LogP contribution in [0.3, 0.4) is 0 Å². The quantitative estimate of drug-likeness (QED) is 0.889. The standard InChI is InChI=1S/C14H17BrClN3/c1-3-8-19-13(6-7-18-19)14(17-2)11-5-4-10(15)9-12(11)16/h4-7,9,14,17H,3,8H2,1-2H3. The molecule has 2 rings (SSSR count). The molecule has 1 aromatic carbocycles. The van der Waals surface area contributed by atoms with Crippen molar-refractivity contribution in [2.75, 3.05) is 7.05 Å². The molecule has 102 valence electrons. The van der Waals surface area contributed by atoms with E-state index in [1.54, 1.807) is 0 Å². The van der Waals surface area contributed by atoms with Gasteiger partial charge in [0.15, 0.2) is 0 Å². The van der Waals surface area contributed by atoms with Gasteiger partial charge >= 0.3 is 0 Å². The van der Waals surface area contributed by atoms with Gasteiger partial charge in [-0.25, -0.2) is 0 Å². The highest BCUT2D eigenvalue weighted by Crippen LogP contribution is 2.30. The fourth-order valence-corrected chi connectivity index (χ4v) is 2.97. The Balaban J connectivity index is 2.41. The third kappa shape index (κ3) is 3.19. The van der Waals surface area contributed by atoms with Gasteiger partial charge in [-0.2, -0.15) is 5.10 Å². The molecular formula is C14H17BrClN3. The molecule has 1 heterocycles. The Kier molecular flexibility index (Phi) is 5.02. The summed E-state index contributed by atoms with van der Waals surface area (Å²) in [4.78, 5) is 0. The summed E-state index contributed by atoms with van der Waals surface area (Å²) in [6, 6.07) is 8.05. The van der Waals surface area contributed by atoms with Crippen LogP contribution in [0.5, 0.6) is 0 Å². The Hall–Kier alpha value is -0.840. The Morgan fingerprint density at radius 3 is 2.84 bits per heavy atom. The highest BCUT2D eigenvalue weighted by Gasteiger charge is 2.19. The molecule has 0 amide bonds. The van der Waals surface area contributed by atoms with Crippen molar-refractivity contribution < 1.29 is 0 Å². The maximum absolute atomic E-state index is 6.35. The second kappa shape index (κ2) is 6.55. The predicted octanol–water partition coefficient (Wildman–Crippen LogP) is 4.02. The van der Waals surface area contributed by atoms with Crippen LogP contribution in [0.4, 0.5) is 0 Å². The number of hydrogen-bond donors (Lipinski definition) is 1. The zero-order valence-corrected chi connectivity index (χ0v) is 13.4. The van der Waals surface area contributed by atoms with Crippen molar-refractivity contribution in [2.24, 2.45) is 0 Å². The number of nitrogens with one attached hydrogen (secondary N) is 1. The molecule has 0 radical (unpaired) electrons. The lowest BCUT2D eigenvalue weighted by Crippen LogP contribution is -2.22. The average Bonchev–Trinajstić information content (AvgIpc) is 2.82. The molecule has 0 bridgehead atoms. The fraction of sp³-hybridized carbons (Fsp3) is 0.357. The second-order valence-corrected chi connectivity index (χ2v) is 5.69. The first-order valence-corrected chi connectivity index (χ1v) is 7.48. The van der Waals surface area contributed by atoms with Crippen LogP contribution in [0.25, 0.3) is 0 Å². The van der Waals surface area contributed by atoms with E-state index in [1.165, 1.54) is 0 Å². The summed E-state index contributed by atoms with van der Waals surface area (Å²) < 4.78 is 3.01. The molecule has 0 spiro atoms. The lowest BCUT2D eigenvalue weighted by atomic mass is 10.0. The number of nitrogens with zero attached hydrogens (tertiary/aromatic N) is 2. The Bertz CT molecular complexity index is 553. The number of aryl methyl sites for hydroxylation is 1. The monoisotopic (exact) mass is 341 g/mol. The maximum Gasteiger partial charge on any atom is 0.0760 e. The van der Waals surface area contributed by atoms with Gasteiger partial charge in [0.05, 0.1) is 11.7 Å². The van der Waals surface area contributed by atoms with Crippen molar-refractivity contribution in [1.82, 2.24) is 15.1 Å². The van der Waals surface area contributed by atoms with Gasteiger partial charge in [-0.15, -0.1) is 0 Å². The van der Waals surface area contributed by atoms with E-state index in [9.17, 15) is 0 Å². The molecule has 0 saturated carbocycles. The Morgan fingerprint density at radius 2 is 2.21 bits per heavy atom. The molecule has 1 atom stereocenters. The first-order valence-electron chi connectivity index (χ1n) is 6.31. The molecule has 3 nitrogen and oxygen atoms in total. The molecule has 0 aliphatic heterocycles. The minimum Gasteiger partial charge on any atom is -0.308 e. The molecule has 0 fully saturated rings. The van der Waals surface area contributed by atoms with Crippen LogP contribution in [0.1, 0.15) is 30.6 Å². The first kappa shape index (κ1) is 14.6. The third-order valence-electron chi connectivity index (χ3n) is 3.04. The Labute approximate surface area is 127 Å². The topological polar surface area (TPSA) is 29.9 Å². The van der Waals surface area contributed by atoms with Crippen LogP contribution in [0.15, 0.2) is 34.9 Å². The van der Waals surface area contributed by atoms with E-state index in [0.29, 0.717) is 0 Å². The van der Waals surface area contributed by atoms with Crippen LogP contribution in [-0.2, 0) is 6.54 Å². The summed E-state index contributed by atoms with van der Waals surface area (Å²) >= 11 is 9.78. The minimum absolute atomic E-state index is 0.0506. The molecule has 5 heteroatoms. The number of aromatic nitrogens is 2. The fourth-order valence-electron chi connectivity index (χ4n) is 2.19. The molecule has 0 aliphatic rings. The average molecular weight is 343 g/mol. The maximum atomic E-state index is 6.35. The SMILES string of the molecule is CCCn1nccc1C(NC)c1ccc(Br)cc1Cl. The zero-order valence-electron chi connectivity index (χ0n) is 11.0. The Morgan fingerprint density at radius 1 is 1.42 bits per heavy atom. The molecule has 19 heavy (non-hydrogen) atoms. The summed E-state index contributed by atoms with van der Waals surface area (Å²) in [7, 11) is 1.94.